The highest BCUT2D eigenvalue weighted by Gasteiger charge is 2.37. The molecule has 0 amide bonds. The van der Waals surface area contributed by atoms with Gasteiger partial charge in [0.15, 0.2) is 5.82 Å². The van der Waals surface area contributed by atoms with Crippen LogP contribution in [0.2, 0.25) is 0 Å². The van der Waals surface area contributed by atoms with Crippen molar-refractivity contribution in [3.63, 3.8) is 0 Å². The van der Waals surface area contributed by atoms with Crippen LogP contribution in [-0.4, -0.2) is 29.5 Å². The Morgan fingerprint density at radius 3 is 2.53 bits per heavy atom. The largest absolute Gasteiger partial charge is 0.396 e. The van der Waals surface area contributed by atoms with Gasteiger partial charge in [-0.25, -0.2) is 0 Å². The van der Waals surface area contributed by atoms with E-state index in [0.29, 0.717) is 26.1 Å². The van der Waals surface area contributed by atoms with Crippen LogP contribution in [-0.2, 0) is 16.7 Å². The van der Waals surface area contributed by atoms with Gasteiger partial charge < -0.3 is 15.0 Å². The van der Waals surface area contributed by atoms with E-state index in [4.69, 9.17) is 15.0 Å². The van der Waals surface area contributed by atoms with Crippen molar-refractivity contribution in [1.29, 1.82) is 0 Å². The molecule has 1 aliphatic heterocycles. The highest BCUT2D eigenvalue weighted by Crippen LogP contribution is 2.28. The molecule has 5 nitrogen and oxygen atoms in total. The summed E-state index contributed by atoms with van der Waals surface area (Å²) in [5.41, 5.74) is 5.13. The number of nitrogens with zero attached hydrogens (tertiary/aromatic N) is 2. The molecular formula is C9H12F3N3O2. The van der Waals surface area contributed by atoms with E-state index in [1.165, 1.54) is 0 Å². The summed E-state index contributed by atoms with van der Waals surface area (Å²) in [6.45, 7) is 0.876. The second-order valence-electron chi connectivity index (χ2n) is 4.08. The van der Waals surface area contributed by atoms with Crippen LogP contribution in [0.15, 0.2) is 4.52 Å². The van der Waals surface area contributed by atoms with Gasteiger partial charge in [-0.2, -0.15) is 18.2 Å². The maximum atomic E-state index is 12.1. The van der Waals surface area contributed by atoms with Gasteiger partial charge in [-0.15, -0.1) is 0 Å². The van der Waals surface area contributed by atoms with E-state index < -0.39 is 18.1 Å². The quantitative estimate of drug-likeness (QED) is 0.853. The lowest BCUT2D eigenvalue weighted by Crippen LogP contribution is -2.42. The summed E-state index contributed by atoms with van der Waals surface area (Å²) < 4.78 is 46.3. The molecule has 0 unspecified atom stereocenters. The molecular weight excluding hydrogens is 239 g/mol. The van der Waals surface area contributed by atoms with Crippen LogP contribution in [0.3, 0.4) is 0 Å². The first-order valence-electron chi connectivity index (χ1n) is 5.15. The molecule has 0 atom stereocenters. The minimum Gasteiger partial charge on any atom is -0.381 e. The summed E-state index contributed by atoms with van der Waals surface area (Å²) in [5, 5.41) is 3.30. The number of aromatic nitrogens is 2. The fourth-order valence-electron chi connectivity index (χ4n) is 1.66. The minimum absolute atomic E-state index is 0.0556. The Balaban J connectivity index is 2.12. The van der Waals surface area contributed by atoms with Gasteiger partial charge >= 0.3 is 6.18 Å². The normalized spacial score (nSPS) is 20.5. The van der Waals surface area contributed by atoms with Crippen molar-refractivity contribution in [3.8, 4) is 0 Å². The SMILES string of the molecule is NC1(c2nc(CC(F)(F)F)no2)CCOCC1. The molecule has 0 aromatic carbocycles. The number of ether oxygens (including phenoxy) is 1. The third-order valence-electron chi connectivity index (χ3n) is 2.64. The van der Waals surface area contributed by atoms with Gasteiger partial charge in [0.25, 0.3) is 0 Å². The van der Waals surface area contributed by atoms with Gasteiger partial charge in [-0.1, -0.05) is 5.16 Å². The van der Waals surface area contributed by atoms with E-state index in [2.05, 4.69) is 10.1 Å². The Morgan fingerprint density at radius 1 is 1.29 bits per heavy atom. The van der Waals surface area contributed by atoms with Crippen LogP contribution >= 0.6 is 0 Å². The van der Waals surface area contributed by atoms with Crippen molar-refractivity contribution in [2.24, 2.45) is 5.73 Å². The standard InChI is InChI=1S/C9H12F3N3O2/c10-9(11,12)5-6-14-7(17-15-6)8(13)1-3-16-4-2-8/h1-5,13H2. The van der Waals surface area contributed by atoms with Crippen LogP contribution in [0.4, 0.5) is 13.2 Å². The topological polar surface area (TPSA) is 74.2 Å². The van der Waals surface area contributed by atoms with Crippen LogP contribution in [0.25, 0.3) is 0 Å². The smallest absolute Gasteiger partial charge is 0.381 e. The Bertz CT molecular complexity index is 385. The third kappa shape index (κ3) is 2.95. The Morgan fingerprint density at radius 2 is 1.94 bits per heavy atom. The molecule has 1 aromatic heterocycles. The highest BCUT2D eigenvalue weighted by molar-refractivity contribution is 5.03. The number of halogens is 3. The molecule has 8 heteroatoms. The summed E-state index contributed by atoms with van der Waals surface area (Å²) in [6.07, 6.45) is -4.64. The first kappa shape index (κ1) is 12.3. The van der Waals surface area contributed by atoms with Crippen molar-refractivity contribution < 1.29 is 22.4 Å². The van der Waals surface area contributed by atoms with Crippen LogP contribution in [0.5, 0.6) is 0 Å². The molecule has 1 aromatic rings. The zero-order valence-electron chi connectivity index (χ0n) is 8.96. The van der Waals surface area contributed by atoms with E-state index in [1.54, 1.807) is 0 Å². The molecule has 0 aliphatic carbocycles. The molecule has 0 radical (unpaired) electrons. The van der Waals surface area contributed by atoms with E-state index in [0.717, 1.165) is 0 Å². The Labute approximate surface area is 95.1 Å². The van der Waals surface area contributed by atoms with Gasteiger partial charge in [0.05, 0.1) is 0 Å². The van der Waals surface area contributed by atoms with Crippen LogP contribution < -0.4 is 5.73 Å². The molecule has 0 spiro atoms. The predicted octanol–water partition coefficient (Wildman–Crippen LogP) is 1.14. The number of hydrogen-bond donors (Lipinski definition) is 1. The van der Waals surface area contributed by atoms with Crippen molar-refractivity contribution in [2.75, 3.05) is 13.2 Å². The minimum atomic E-state index is -4.35. The first-order valence-corrected chi connectivity index (χ1v) is 5.15. The number of nitrogens with two attached hydrogens (primary N) is 1. The lowest BCUT2D eigenvalue weighted by Gasteiger charge is -2.29. The molecule has 1 fully saturated rings. The molecule has 2 heterocycles. The fourth-order valence-corrected chi connectivity index (χ4v) is 1.66. The summed E-state index contributed by atoms with van der Waals surface area (Å²) in [7, 11) is 0. The van der Waals surface area contributed by atoms with Crippen molar-refractivity contribution in [1.82, 2.24) is 10.1 Å². The molecule has 96 valence electrons. The predicted molar refractivity (Wildman–Crippen MR) is 50.0 cm³/mol. The van der Waals surface area contributed by atoms with E-state index in [-0.39, 0.29) is 11.7 Å². The first-order chi connectivity index (χ1) is 7.89. The molecule has 0 bridgehead atoms. The maximum absolute atomic E-state index is 12.1. The zero-order valence-corrected chi connectivity index (χ0v) is 8.96. The van der Waals surface area contributed by atoms with Crippen molar-refractivity contribution in [2.45, 2.75) is 31.0 Å². The Hall–Kier alpha value is -1.15. The molecule has 1 saturated heterocycles. The van der Waals surface area contributed by atoms with Gasteiger partial charge in [0.2, 0.25) is 5.89 Å². The van der Waals surface area contributed by atoms with Gasteiger partial charge in [0.1, 0.15) is 12.0 Å². The van der Waals surface area contributed by atoms with Crippen molar-refractivity contribution in [3.05, 3.63) is 11.7 Å². The highest BCUT2D eigenvalue weighted by atomic mass is 19.4. The average molecular weight is 251 g/mol. The van der Waals surface area contributed by atoms with Crippen LogP contribution in [0.1, 0.15) is 24.6 Å². The average Bonchev–Trinajstić information content (AvgIpc) is 2.65. The van der Waals surface area contributed by atoms with Crippen LogP contribution in [0, 0.1) is 0 Å². The molecule has 2 rings (SSSR count). The maximum Gasteiger partial charge on any atom is 0.396 e. The fraction of sp³-hybridized carbons (Fsp3) is 0.778. The lowest BCUT2D eigenvalue weighted by molar-refractivity contribution is -0.128. The molecule has 1 aliphatic rings. The van der Waals surface area contributed by atoms with Gasteiger partial charge in [-0.05, 0) is 12.8 Å². The summed E-state index contributed by atoms with van der Waals surface area (Å²) in [4.78, 5) is 3.71. The summed E-state index contributed by atoms with van der Waals surface area (Å²) in [6, 6.07) is 0. The van der Waals surface area contributed by atoms with Gasteiger partial charge in [-0.3, -0.25) is 0 Å². The number of alkyl halides is 3. The zero-order chi connectivity index (χ0) is 12.5. The second-order valence-corrected chi connectivity index (χ2v) is 4.08. The number of hydrogen-bond acceptors (Lipinski definition) is 5. The molecule has 2 N–H and O–H groups in total. The molecule has 0 saturated carbocycles. The summed E-state index contributed by atoms with van der Waals surface area (Å²) >= 11 is 0. The third-order valence-corrected chi connectivity index (χ3v) is 2.64. The molecule has 17 heavy (non-hydrogen) atoms. The van der Waals surface area contributed by atoms with Gasteiger partial charge in [0, 0.05) is 13.2 Å². The van der Waals surface area contributed by atoms with E-state index in [1.807, 2.05) is 0 Å². The van der Waals surface area contributed by atoms with E-state index >= 15 is 0 Å². The number of rotatable bonds is 2. The van der Waals surface area contributed by atoms with E-state index in [9.17, 15) is 13.2 Å². The second kappa shape index (κ2) is 4.26. The Kier molecular flexibility index (Phi) is 3.09. The summed E-state index contributed by atoms with van der Waals surface area (Å²) in [5.74, 6) is -0.330. The monoisotopic (exact) mass is 251 g/mol. The lowest BCUT2D eigenvalue weighted by atomic mass is 9.91. The van der Waals surface area contributed by atoms with Crippen molar-refractivity contribution >= 4 is 0 Å².